The summed E-state index contributed by atoms with van der Waals surface area (Å²) in [6, 6.07) is 6.18. The van der Waals surface area contributed by atoms with Crippen LogP contribution in [0.3, 0.4) is 0 Å². The van der Waals surface area contributed by atoms with E-state index in [0.29, 0.717) is 12.1 Å². The second kappa shape index (κ2) is 5.78. The van der Waals surface area contributed by atoms with Crippen LogP contribution in [0.2, 0.25) is 0 Å². The Hall–Kier alpha value is -2.64. The Bertz CT molecular complexity index is 644. The fraction of sp³-hybridized carbons (Fsp3) is 0.0769. The van der Waals surface area contributed by atoms with Crippen LogP contribution in [0.25, 0.3) is 0 Å². The Morgan fingerprint density at radius 1 is 1.10 bits per heavy atom. The van der Waals surface area contributed by atoms with Gasteiger partial charge in [0.2, 0.25) is 0 Å². The highest BCUT2D eigenvalue weighted by Crippen LogP contribution is 2.32. The zero-order chi connectivity index (χ0) is 15.5. The molecule has 0 aliphatic heterocycles. The molecular formula is C13H9F4N3O. The highest BCUT2D eigenvalue weighted by molar-refractivity contribution is 5.99. The Morgan fingerprint density at radius 3 is 2.48 bits per heavy atom. The predicted octanol–water partition coefficient (Wildman–Crippen LogP) is 3.88. The number of carbonyl (C=O) groups excluding carboxylic acids is 1. The SMILES string of the molecule is O=C(Nc1ccc(F)c(C(F)(F)F)c1)Nc1ccccn1. The van der Waals surface area contributed by atoms with Crippen molar-refractivity contribution in [2.24, 2.45) is 0 Å². The average molecular weight is 299 g/mol. The molecule has 0 unspecified atom stereocenters. The highest BCUT2D eigenvalue weighted by Gasteiger charge is 2.34. The van der Waals surface area contributed by atoms with Gasteiger partial charge in [-0.2, -0.15) is 13.2 Å². The zero-order valence-electron chi connectivity index (χ0n) is 10.4. The van der Waals surface area contributed by atoms with Crippen molar-refractivity contribution >= 4 is 17.5 Å². The van der Waals surface area contributed by atoms with E-state index in [1.54, 1.807) is 12.1 Å². The van der Waals surface area contributed by atoms with Gasteiger partial charge in [-0.15, -0.1) is 0 Å². The fourth-order valence-electron chi connectivity index (χ4n) is 1.54. The van der Waals surface area contributed by atoms with Crippen LogP contribution >= 0.6 is 0 Å². The molecule has 2 rings (SSSR count). The smallest absolute Gasteiger partial charge is 0.308 e. The van der Waals surface area contributed by atoms with E-state index < -0.39 is 23.6 Å². The normalized spacial score (nSPS) is 11.0. The minimum Gasteiger partial charge on any atom is -0.308 e. The fourth-order valence-corrected chi connectivity index (χ4v) is 1.54. The number of rotatable bonds is 2. The van der Waals surface area contributed by atoms with Gasteiger partial charge < -0.3 is 5.32 Å². The minimum atomic E-state index is -4.83. The largest absolute Gasteiger partial charge is 0.419 e. The van der Waals surface area contributed by atoms with Crippen LogP contribution in [0.4, 0.5) is 33.9 Å². The van der Waals surface area contributed by atoms with E-state index in [1.165, 1.54) is 12.3 Å². The quantitative estimate of drug-likeness (QED) is 0.827. The number of aromatic nitrogens is 1. The van der Waals surface area contributed by atoms with Crippen LogP contribution in [0.1, 0.15) is 5.56 Å². The number of carbonyl (C=O) groups is 1. The number of benzene rings is 1. The van der Waals surface area contributed by atoms with E-state index in [0.717, 1.165) is 6.07 Å². The number of anilines is 2. The molecule has 0 bridgehead atoms. The molecule has 4 nitrogen and oxygen atoms in total. The lowest BCUT2D eigenvalue weighted by atomic mass is 10.2. The molecule has 21 heavy (non-hydrogen) atoms. The molecule has 1 aromatic heterocycles. The summed E-state index contributed by atoms with van der Waals surface area (Å²) in [5, 5.41) is 4.50. The Kier molecular flexibility index (Phi) is 4.06. The molecule has 0 saturated heterocycles. The Balaban J connectivity index is 2.11. The first-order valence-electron chi connectivity index (χ1n) is 5.72. The zero-order valence-corrected chi connectivity index (χ0v) is 10.4. The summed E-state index contributed by atoms with van der Waals surface area (Å²) in [5.41, 5.74) is -1.63. The molecular weight excluding hydrogens is 290 g/mol. The van der Waals surface area contributed by atoms with E-state index in [1.807, 2.05) is 0 Å². The average Bonchev–Trinajstić information content (AvgIpc) is 2.41. The third-order valence-electron chi connectivity index (χ3n) is 2.44. The number of hydrogen-bond donors (Lipinski definition) is 2. The van der Waals surface area contributed by atoms with Crippen LogP contribution in [0.5, 0.6) is 0 Å². The Morgan fingerprint density at radius 2 is 1.86 bits per heavy atom. The molecule has 2 aromatic rings. The number of alkyl halides is 3. The van der Waals surface area contributed by atoms with Crippen molar-refractivity contribution < 1.29 is 22.4 Å². The molecule has 1 aromatic carbocycles. The number of nitrogens with one attached hydrogen (secondary N) is 2. The summed E-state index contributed by atoms with van der Waals surface area (Å²) >= 11 is 0. The Labute approximate surface area is 116 Å². The lowest BCUT2D eigenvalue weighted by molar-refractivity contribution is -0.139. The summed E-state index contributed by atoms with van der Waals surface area (Å²) in [7, 11) is 0. The van der Waals surface area contributed by atoms with Crippen molar-refractivity contribution in [3.8, 4) is 0 Å². The molecule has 8 heteroatoms. The van der Waals surface area contributed by atoms with Crippen LogP contribution in [-0.2, 0) is 6.18 Å². The number of nitrogens with zero attached hydrogens (tertiary/aromatic N) is 1. The van der Waals surface area contributed by atoms with Gasteiger partial charge in [0.1, 0.15) is 11.6 Å². The van der Waals surface area contributed by atoms with Gasteiger partial charge in [0.05, 0.1) is 5.56 Å². The topological polar surface area (TPSA) is 54.0 Å². The third-order valence-corrected chi connectivity index (χ3v) is 2.44. The number of hydrogen-bond acceptors (Lipinski definition) is 2. The number of urea groups is 1. The molecule has 2 amide bonds. The second-order valence-corrected chi connectivity index (χ2v) is 3.99. The molecule has 2 N–H and O–H groups in total. The second-order valence-electron chi connectivity index (χ2n) is 3.99. The molecule has 1 heterocycles. The standard InChI is InChI=1S/C13H9F4N3O/c14-10-5-4-8(7-9(10)13(15,16)17)19-12(21)20-11-3-1-2-6-18-11/h1-7H,(H2,18,19,20,21). The molecule has 0 saturated carbocycles. The van der Waals surface area contributed by atoms with Gasteiger partial charge >= 0.3 is 12.2 Å². The van der Waals surface area contributed by atoms with Crippen molar-refractivity contribution in [3.05, 3.63) is 54.0 Å². The number of amides is 2. The molecule has 0 aliphatic rings. The summed E-state index contributed by atoms with van der Waals surface area (Å²) in [4.78, 5) is 15.4. The lowest BCUT2D eigenvalue weighted by Gasteiger charge is -2.11. The van der Waals surface area contributed by atoms with Gasteiger partial charge in [-0.1, -0.05) is 6.07 Å². The molecule has 0 aliphatic carbocycles. The van der Waals surface area contributed by atoms with Gasteiger partial charge in [0.25, 0.3) is 0 Å². The summed E-state index contributed by atoms with van der Waals surface area (Å²) in [5.74, 6) is -1.17. The first-order chi connectivity index (χ1) is 9.86. The van der Waals surface area contributed by atoms with Crippen LogP contribution in [0.15, 0.2) is 42.6 Å². The van der Waals surface area contributed by atoms with E-state index in [2.05, 4.69) is 15.6 Å². The van der Waals surface area contributed by atoms with Gasteiger partial charge in [0.15, 0.2) is 0 Å². The molecule has 0 atom stereocenters. The van der Waals surface area contributed by atoms with E-state index in [9.17, 15) is 22.4 Å². The van der Waals surface area contributed by atoms with Crippen molar-refractivity contribution in [1.29, 1.82) is 0 Å². The van der Waals surface area contributed by atoms with Gasteiger partial charge in [-0.3, -0.25) is 5.32 Å². The maximum absolute atomic E-state index is 13.1. The van der Waals surface area contributed by atoms with Crippen molar-refractivity contribution in [1.82, 2.24) is 4.98 Å². The van der Waals surface area contributed by atoms with Gasteiger partial charge in [-0.25, -0.2) is 14.2 Å². The third kappa shape index (κ3) is 3.91. The van der Waals surface area contributed by atoms with Gasteiger partial charge in [-0.05, 0) is 30.3 Å². The molecule has 0 fully saturated rings. The monoisotopic (exact) mass is 299 g/mol. The number of pyridine rings is 1. The molecule has 110 valence electrons. The first kappa shape index (κ1) is 14.8. The van der Waals surface area contributed by atoms with E-state index >= 15 is 0 Å². The summed E-state index contributed by atoms with van der Waals surface area (Å²) in [6.07, 6.45) is -3.39. The van der Waals surface area contributed by atoms with E-state index in [4.69, 9.17) is 0 Å². The molecule has 0 spiro atoms. The van der Waals surface area contributed by atoms with Crippen molar-refractivity contribution in [2.45, 2.75) is 6.18 Å². The van der Waals surface area contributed by atoms with Gasteiger partial charge in [0, 0.05) is 11.9 Å². The lowest BCUT2D eigenvalue weighted by Crippen LogP contribution is -2.20. The maximum Gasteiger partial charge on any atom is 0.419 e. The predicted molar refractivity (Wildman–Crippen MR) is 68.3 cm³/mol. The highest BCUT2D eigenvalue weighted by atomic mass is 19.4. The summed E-state index contributed by atoms with van der Waals surface area (Å²) in [6.45, 7) is 0. The number of halogens is 4. The first-order valence-corrected chi connectivity index (χ1v) is 5.72. The van der Waals surface area contributed by atoms with E-state index in [-0.39, 0.29) is 11.5 Å². The summed E-state index contributed by atoms with van der Waals surface area (Å²) < 4.78 is 50.7. The van der Waals surface area contributed by atoms with Crippen LogP contribution < -0.4 is 10.6 Å². The minimum absolute atomic E-state index is 0.183. The maximum atomic E-state index is 13.1. The van der Waals surface area contributed by atoms with Crippen molar-refractivity contribution in [2.75, 3.05) is 10.6 Å². The van der Waals surface area contributed by atoms with Crippen LogP contribution in [0, 0.1) is 5.82 Å². The van der Waals surface area contributed by atoms with Crippen LogP contribution in [-0.4, -0.2) is 11.0 Å². The molecule has 0 radical (unpaired) electrons. The van der Waals surface area contributed by atoms with Crippen molar-refractivity contribution in [3.63, 3.8) is 0 Å².